The van der Waals surface area contributed by atoms with Gasteiger partial charge in [-0.1, -0.05) is 0 Å². The average molecular weight is 416 g/mol. The van der Waals surface area contributed by atoms with Gasteiger partial charge in [-0.25, -0.2) is 4.98 Å². The van der Waals surface area contributed by atoms with Crippen LogP contribution in [-0.2, 0) is 13.1 Å². The summed E-state index contributed by atoms with van der Waals surface area (Å²) in [6.07, 6.45) is 3.38. The van der Waals surface area contributed by atoms with Crippen molar-refractivity contribution < 1.29 is 4.42 Å². The molecule has 1 saturated heterocycles. The molecule has 8 heteroatoms. The molecule has 3 rings (SSSR count). The Hall–Kier alpha value is -2.35. The third-order valence-corrected chi connectivity index (χ3v) is 5.86. The Balaban J connectivity index is 1.31. The lowest BCUT2D eigenvalue weighted by atomic mass is 9.97. The fourth-order valence-electron chi connectivity index (χ4n) is 3.95. The van der Waals surface area contributed by atoms with Gasteiger partial charge in [-0.3, -0.25) is 14.6 Å². The van der Waals surface area contributed by atoms with E-state index in [2.05, 4.69) is 48.3 Å². The summed E-state index contributed by atoms with van der Waals surface area (Å²) < 4.78 is 7.80. The highest BCUT2D eigenvalue weighted by Crippen LogP contribution is 2.19. The summed E-state index contributed by atoms with van der Waals surface area (Å²) in [5.74, 6) is 3.32. The number of aliphatic imine (C=N–C) groups is 1. The zero-order valence-corrected chi connectivity index (χ0v) is 19.2. The number of hydrogen-bond donors (Lipinski definition) is 2. The van der Waals surface area contributed by atoms with E-state index >= 15 is 0 Å². The van der Waals surface area contributed by atoms with E-state index in [1.165, 1.54) is 18.5 Å². The quantitative estimate of drug-likeness (QED) is 0.392. The second kappa shape index (κ2) is 10.6. The van der Waals surface area contributed by atoms with Crippen molar-refractivity contribution in [2.24, 2.45) is 10.9 Å². The molecule has 0 radical (unpaired) electrons. The van der Waals surface area contributed by atoms with E-state index in [4.69, 9.17) is 4.42 Å². The van der Waals surface area contributed by atoms with Crippen LogP contribution in [0.3, 0.4) is 0 Å². The summed E-state index contributed by atoms with van der Waals surface area (Å²) in [5.41, 5.74) is 3.29. The second-order valence-corrected chi connectivity index (χ2v) is 8.35. The molecule has 0 bridgehead atoms. The van der Waals surface area contributed by atoms with E-state index < -0.39 is 0 Å². The molecule has 1 aliphatic rings. The molecule has 3 heterocycles. The average Bonchev–Trinajstić information content (AvgIpc) is 3.21. The summed E-state index contributed by atoms with van der Waals surface area (Å²) in [5, 5.41) is 11.4. The molecule has 1 fully saturated rings. The van der Waals surface area contributed by atoms with Gasteiger partial charge in [-0.2, -0.15) is 5.10 Å². The molecule has 2 aromatic rings. The number of likely N-dealkylation sites (tertiary alicyclic amines) is 1. The predicted octanol–water partition coefficient (Wildman–Crippen LogP) is 2.57. The topological polar surface area (TPSA) is 83.5 Å². The molecule has 166 valence electrons. The molecule has 0 saturated carbocycles. The first-order chi connectivity index (χ1) is 14.4. The van der Waals surface area contributed by atoms with Crippen molar-refractivity contribution in [3.05, 3.63) is 34.8 Å². The van der Waals surface area contributed by atoms with Crippen LogP contribution in [0.5, 0.6) is 0 Å². The number of nitrogens with one attached hydrogen (secondary N) is 2. The van der Waals surface area contributed by atoms with Crippen molar-refractivity contribution in [1.29, 1.82) is 0 Å². The summed E-state index contributed by atoms with van der Waals surface area (Å²) in [7, 11) is 1.83. The van der Waals surface area contributed by atoms with Crippen molar-refractivity contribution in [2.75, 3.05) is 33.2 Å². The highest BCUT2D eigenvalue weighted by atomic mass is 16.4. The third kappa shape index (κ3) is 6.32. The standard InChI is InChI=1S/C22H37N7O/c1-16-13-17(2)29(27-16)10-6-9-24-22(23-5)25-14-20-7-11-28(12-8-20)15-21-26-18(3)19(4)30-21/h13,20H,6-12,14-15H2,1-5H3,(H2,23,24,25). The SMILES string of the molecule is CN=C(NCCCn1nc(C)cc1C)NCC1CCN(Cc2nc(C)c(C)o2)CC1. The van der Waals surface area contributed by atoms with Crippen molar-refractivity contribution in [3.8, 4) is 0 Å². The van der Waals surface area contributed by atoms with E-state index in [0.717, 1.165) is 74.7 Å². The molecule has 8 nitrogen and oxygen atoms in total. The summed E-state index contributed by atoms with van der Waals surface area (Å²) in [6, 6.07) is 2.12. The van der Waals surface area contributed by atoms with Crippen LogP contribution < -0.4 is 10.6 Å². The van der Waals surface area contributed by atoms with E-state index in [9.17, 15) is 0 Å². The fourth-order valence-corrected chi connectivity index (χ4v) is 3.95. The Kier molecular flexibility index (Phi) is 7.90. The zero-order valence-electron chi connectivity index (χ0n) is 19.2. The molecule has 2 N–H and O–H groups in total. The number of nitrogens with zero attached hydrogens (tertiary/aromatic N) is 5. The normalized spacial score (nSPS) is 16.2. The van der Waals surface area contributed by atoms with Gasteiger partial charge < -0.3 is 15.1 Å². The second-order valence-electron chi connectivity index (χ2n) is 8.35. The monoisotopic (exact) mass is 415 g/mol. The zero-order chi connectivity index (χ0) is 21.5. The van der Waals surface area contributed by atoms with E-state index in [1.807, 2.05) is 27.8 Å². The van der Waals surface area contributed by atoms with Gasteiger partial charge in [0.15, 0.2) is 5.96 Å². The Bertz CT molecular complexity index is 811. The molecule has 0 amide bonds. The van der Waals surface area contributed by atoms with E-state index in [1.54, 1.807) is 0 Å². The maximum atomic E-state index is 5.73. The van der Waals surface area contributed by atoms with Gasteiger partial charge in [0.2, 0.25) is 5.89 Å². The number of aryl methyl sites for hydroxylation is 5. The van der Waals surface area contributed by atoms with Crippen molar-refractivity contribution in [2.45, 2.75) is 60.0 Å². The highest BCUT2D eigenvalue weighted by molar-refractivity contribution is 5.79. The van der Waals surface area contributed by atoms with Crippen LogP contribution in [0.4, 0.5) is 0 Å². The molecule has 0 unspecified atom stereocenters. The molecule has 0 atom stereocenters. The maximum Gasteiger partial charge on any atom is 0.208 e. The number of hydrogen-bond acceptors (Lipinski definition) is 5. The van der Waals surface area contributed by atoms with Gasteiger partial charge in [-0.15, -0.1) is 0 Å². The molecular formula is C22H37N7O. The first-order valence-electron chi connectivity index (χ1n) is 11.1. The Morgan fingerprint density at radius 3 is 2.57 bits per heavy atom. The van der Waals surface area contributed by atoms with Crippen molar-refractivity contribution in [3.63, 3.8) is 0 Å². The minimum Gasteiger partial charge on any atom is -0.444 e. The lowest BCUT2D eigenvalue weighted by molar-refractivity contribution is 0.164. The Labute approximate surface area is 180 Å². The van der Waals surface area contributed by atoms with Crippen LogP contribution in [0, 0.1) is 33.6 Å². The summed E-state index contributed by atoms with van der Waals surface area (Å²) >= 11 is 0. The molecule has 0 spiro atoms. The molecule has 0 aromatic carbocycles. The lowest BCUT2D eigenvalue weighted by Gasteiger charge is -2.31. The van der Waals surface area contributed by atoms with Crippen molar-refractivity contribution >= 4 is 5.96 Å². The third-order valence-electron chi connectivity index (χ3n) is 5.86. The smallest absolute Gasteiger partial charge is 0.208 e. The minimum atomic E-state index is 0.669. The van der Waals surface area contributed by atoms with Crippen LogP contribution in [0.1, 0.15) is 48.0 Å². The van der Waals surface area contributed by atoms with Gasteiger partial charge in [0, 0.05) is 32.4 Å². The molecule has 1 aliphatic heterocycles. The molecule has 30 heavy (non-hydrogen) atoms. The van der Waals surface area contributed by atoms with Gasteiger partial charge in [0.25, 0.3) is 0 Å². The van der Waals surface area contributed by atoms with E-state index in [-0.39, 0.29) is 0 Å². The van der Waals surface area contributed by atoms with Gasteiger partial charge >= 0.3 is 0 Å². The summed E-state index contributed by atoms with van der Waals surface area (Å²) in [4.78, 5) is 11.3. The van der Waals surface area contributed by atoms with Crippen LogP contribution in [-0.4, -0.2) is 58.9 Å². The molecular weight excluding hydrogens is 378 g/mol. The first kappa shape index (κ1) is 22.3. The summed E-state index contributed by atoms with van der Waals surface area (Å²) in [6.45, 7) is 13.9. The lowest BCUT2D eigenvalue weighted by Crippen LogP contribution is -2.43. The first-order valence-corrected chi connectivity index (χ1v) is 11.1. The largest absolute Gasteiger partial charge is 0.444 e. The number of oxazole rings is 1. The Morgan fingerprint density at radius 2 is 1.97 bits per heavy atom. The Morgan fingerprint density at radius 1 is 1.20 bits per heavy atom. The predicted molar refractivity (Wildman–Crippen MR) is 120 cm³/mol. The number of rotatable bonds is 8. The minimum absolute atomic E-state index is 0.669. The number of guanidine groups is 1. The van der Waals surface area contributed by atoms with Crippen LogP contribution >= 0.6 is 0 Å². The van der Waals surface area contributed by atoms with Crippen LogP contribution in [0.25, 0.3) is 0 Å². The number of aromatic nitrogens is 3. The van der Waals surface area contributed by atoms with Gasteiger partial charge in [-0.05, 0) is 72.0 Å². The van der Waals surface area contributed by atoms with E-state index in [0.29, 0.717) is 5.92 Å². The molecule has 0 aliphatic carbocycles. The number of piperidine rings is 1. The van der Waals surface area contributed by atoms with Gasteiger partial charge in [0.1, 0.15) is 5.76 Å². The van der Waals surface area contributed by atoms with Crippen LogP contribution in [0.15, 0.2) is 15.5 Å². The highest BCUT2D eigenvalue weighted by Gasteiger charge is 2.21. The molecule has 2 aromatic heterocycles. The van der Waals surface area contributed by atoms with Crippen molar-refractivity contribution in [1.82, 2.24) is 30.3 Å². The fraction of sp³-hybridized carbons (Fsp3) is 0.682. The van der Waals surface area contributed by atoms with Crippen LogP contribution in [0.2, 0.25) is 0 Å². The maximum absolute atomic E-state index is 5.73. The van der Waals surface area contributed by atoms with Gasteiger partial charge in [0.05, 0.1) is 17.9 Å².